The quantitative estimate of drug-likeness (QED) is 0.410. The number of anilines is 3. The van der Waals surface area contributed by atoms with Crippen molar-refractivity contribution in [1.29, 1.82) is 0 Å². The van der Waals surface area contributed by atoms with Crippen LogP contribution in [0.2, 0.25) is 0 Å². The molecule has 1 aliphatic rings. The first kappa shape index (κ1) is 22.9. The molecule has 3 aromatic rings. The number of hydrogen-bond donors (Lipinski definition) is 4. The van der Waals surface area contributed by atoms with Crippen LogP contribution in [0.15, 0.2) is 30.5 Å². The number of ether oxygens (including phenoxy) is 1. The number of aromatic nitrogens is 4. The van der Waals surface area contributed by atoms with Gasteiger partial charge in [-0.3, -0.25) is 4.79 Å². The molecule has 0 saturated carbocycles. The number of pyridine rings is 1. The lowest BCUT2D eigenvalue weighted by atomic mass is 9.95. The molecule has 176 valence electrons. The van der Waals surface area contributed by atoms with Crippen LogP contribution in [0.25, 0.3) is 5.65 Å². The van der Waals surface area contributed by atoms with Gasteiger partial charge < -0.3 is 25.8 Å². The van der Waals surface area contributed by atoms with E-state index in [9.17, 15) is 9.90 Å². The standard InChI is InChI=1S/C23H31N7O3/c1-23(2,14-31)13-25-22(32)16-11-26-30-20(24-3)10-19(29-21(16)30)28-18-8-4-7-17(27-18)15-6-5-9-33-12-15/h4,7-8,10-11,15,24,31H,5-6,9,12-14H2,1-3H3,(H,25,32)(H,27,28,29)/t15-/m0/s1. The maximum atomic E-state index is 12.8. The Bertz CT molecular complexity index is 1120. The molecule has 0 radical (unpaired) electrons. The summed E-state index contributed by atoms with van der Waals surface area (Å²) in [4.78, 5) is 22.2. The third-order valence-electron chi connectivity index (χ3n) is 5.73. The summed E-state index contributed by atoms with van der Waals surface area (Å²) in [7, 11) is 1.78. The summed E-state index contributed by atoms with van der Waals surface area (Å²) in [5.41, 5.74) is 1.34. The molecule has 0 aliphatic carbocycles. The minimum absolute atomic E-state index is 0.0304. The molecule has 0 spiro atoms. The second-order valence-electron chi connectivity index (χ2n) is 9.06. The van der Waals surface area contributed by atoms with Crippen molar-refractivity contribution >= 4 is 29.0 Å². The monoisotopic (exact) mass is 453 g/mol. The lowest BCUT2D eigenvalue weighted by Crippen LogP contribution is -2.36. The molecule has 10 nitrogen and oxygen atoms in total. The van der Waals surface area contributed by atoms with E-state index in [-0.39, 0.29) is 18.4 Å². The molecule has 4 N–H and O–H groups in total. The van der Waals surface area contributed by atoms with Crippen LogP contribution >= 0.6 is 0 Å². The van der Waals surface area contributed by atoms with E-state index in [4.69, 9.17) is 9.72 Å². The maximum absolute atomic E-state index is 12.8. The van der Waals surface area contributed by atoms with Gasteiger partial charge in [-0.25, -0.2) is 9.97 Å². The van der Waals surface area contributed by atoms with E-state index < -0.39 is 5.41 Å². The summed E-state index contributed by atoms with van der Waals surface area (Å²) in [5.74, 6) is 1.88. The van der Waals surface area contributed by atoms with E-state index >= 15 is 0 Å². The van der Waals surface area contributed by atoms with Gasteiger partial charge in [0.15, 0.2) is 5.65 Å². The van der Waals surface area contributed by atoms with Crippen molar-refractivity contribution in [2.45, 2.75) is 32.6 Å². The summed E-state index contributed by atoms with van der Waals surface area (Å²) in [5, 5.41) is 23.0. The zero-order valence-corrected chi connectivity index (χ0v) is 19.3. The number of carbonyl (C=O) groups is 1. The molecule has 1 saturated heterocycles. The molecule has 33 heavy (non-hydrogen) atoms. The predicted octanol–water partition coefficient (Wildman–Crippen LogP) is 2.55. The van der Waals surface area contributed by atoms with E-state index in [1.807, 2.05) is 38.1 Å². The van der Waals surface area contributed by atoms with Gasteiger partial charge in [0.05, 0.1) is 12.8 Å². The van der Waals surface area contributed by atoms with Crippen molar-refractivity contribution in [2.75, 3.05) is 44.0 Å². The maximum Gasteiger partial charge on any atom is 0.256 e. The van der Waals surface area contributed by atoms with Crippen LogP contribution < -0.4 is 16.0 Å². The van der Waals surface area contributed by atoms with Crippen LogP contribution in [0.5, 0.6) is 0 Å². The molecule has 4 heterocycles. The average Bonchev–Trinajstić information content (AvgIpc) is 3.27. The van der Waals surface area contributed by atoms with Gasteiger partial charge in [0.2, 0.25) is 0 Å². The largest absolute Gasteiger partial charge is 0.396 e. The van der Waals surface area contributed by atoms with Crippen LogP contribution in [0.4, 0.5) is 17.5 Å². The molecule has 0 aromatic carbocycles. The van der Waals surface area contributed by atoms with Crippen LogP contribution in [-0.2, 0) is 4.74 Å². The fraction of sp³-hybridized carbons (Fsp3) is 0.478. The summed E-state index contributed by atoms with van der Waals surface area (Å²) >= 11 is 0. The van der Waals surface area contributed by atoms with Crippen LogP contribution in [0.1, 0.15) is 48.7 Å². The second kappa shape index (κ2) is 9.72. The van der Waals surface area contributed by atoms with Crippen molar-refractivity contribution < 1.29 is 14.6 Å². The van der Waals surface area contributed by atoms with Crippen LogP contribution in [0, 0.1) is 5.41 Å². The molecule has 1 atom stereocenters. The van der Waals surface area contributed by atoms with Gasteiger partial charge in [0, 0.05) is 49.9 Å². The van der Waals surface area contributed by atoms with Gasteiger partial charge in [0.25, 0.3) is 5.91 Å². The van der Waals surface area contributed by atoms with E-state index in [2.05, 4.69) is 26.0 Å². The molecule has 1 fully saturated rings. The molecule has 1 amide bonds. The summed E-state index contributed by atoms with van der Waals surface area (Å²) in [6.45, 7) is 5.55. The Morgan fingerprint density at radius 2 is 2.15 bits per heavy atom. The highest BCUT2D eigenvalue weighted by atomic mass is 16.5. The Balaban J connectivity index is 1.60. The topological polar surface area (TPSA) is 126 Å². The Hall–Kier alpha value is -3.24. The molecule has 1 aliphatic heterocycles. The Kier molecular flexibility index (Phi) is 6.75. The lowest BCUT2D eigenvalue weighted by molar-refractivity contribution is 0.0793. The third-order valence-corrected chi connectivity index (χ3v) is 5.73. The number of fused-ring (bicyclic) bond motifs is 1. The van der Waals surface area contributed by atoms with Gasteiger partial charge in [-0.1, -0.05) is 19.9 Å². The number of amides is 1. The first-order valence-corrected chi connectivity index (χ1v) is 11.2. The number of nitrogens with zero attached hydrogens (tertiary/aromatic N) is 4. The molecular formula is C23H31N7O3. The molecule has 10 heteroatoms. The minimum Gasteiger partial charge on any atom is -0.396 e. The SMILES string of the molecule is CNc1cc(Nc2cccc([C@H]3CCCOC3)n2)nc2c(C(=O)NCC(C)(C)CO)cnn12. The molecule has 0 bridgehead atoms. The van der Waals surface area contributed by atoms with E-state index in [1.54, 1.807) is 11.6 Å². The molecular weight excluding hydrogens is 422 g/mol. The second-order valence-corrected chi connectivity index (χ2v) is 9.06. The van der Waals surface area contributed by atoms with Gasteiger partial charge in [-0.05, 0) is 25.0 Å². The van der Waals surface area contributed by atoms with E-state index in [0.717, 1.165) is 25.1 Å². The Morgan fingerprint density at radius 3 is 2.88 bits per heavy atom. The van der Waals surface area contributed by atoms with Gasteiger partial charge in [-0.15, -0.1) is 0 Å². The average molecular weight is 454 g/mol. The highest BCUT2D eigenvalue weighted by Gasteiger charge is 2.22. The molecule has 3 aromatic heterocycles. The summed E-state index contributed by atoms with van der Waals surface area (Å²) in [6, 6.07) is 7.69. The number of aliphatic hydroxyl groups is 1. The minimum atomic E-state index is -0.422. The Labute approximate surface area is 192 Å². The Morgan fingerprint density at radius 1 is 1.30 bits per heavy atom. The van der Waals surface area contributed by atoms with Gasteiger partial charge >= 0.3 is 0 Å². The van der Waals surface area contributed by atoms with Crippen molar-refractivity contribution in [2.24, 2.45) is 5.41 Å². The number of carbonyl (C=O) groups excluding carboxylic acids is 1. The summed E-state index contributed by atoms with van der Waals surface area (Å²) < 4.78 is 7.19. The number of hydrogen-bond acceptors (Lipinski definition) is 8. The van der Waals surface area contributed by atoms with Crippen molar-refractivity contribution in [3.05, 3.63) is 41.7 Å². The van der Waals surface area contributed by atoms with E-state index in [1.165, 1.54) is 6.20 Å². The lowest BCUT2D eigenvalue weighted by Gasteiger charge is -2.22. The highest BCUT2D eigenvalue weighted by Crippen LogP contribution is 2.26. The molecule has 0 unspecified atom stereocenters. The summed E-state index contributed by atoms with van der Waals surface area (Å²) in [6.07, 6.45) is 3.59. The number of nitrogens with one attached hydrogen (secondary N) is 3. The highest BCUT2D eigenvalue weighted by molar-refractivity contribution is 6.00. The first-order chi connectivity index (χ1) is 15.9. The van der Waals surface area contributed by atoms with E-state index in [0.29, 0.717) is 41.8 Å². The fourth-order valence-corrected chi connectivity index (χ4v) is 3.69. The third kappa shape index (κ3) is 5.23. The van der Waals surface area contributed by atoms with Crippen LogP contribution in [-0.4, -0.2) is 64.0 Å². The normalized spacial score (nSPS) is 16.5. The fourth-order valence-electron chi connectivity index (χ4n) is 3.69. The first-order valence-electron chi connectivity index (χ1n) is 11.2. The zero-order valence-electron chi connectivity index (χ0n) is 19.3. The number of aliphatic hydroxyl groups excluding tert-OH is 1. The van der Waals surface area contributed by atoms with Crippen LogP contribution in [0.3, 0.4) is 0 Å². The zero-order chi connectivity index (χ0) is 23.4. The molecule has 4 rings (SSSR count). The van der Waals surface area contributed by atoms with Gasteiger partial charge in [0.1, 0.15) is 23.0 Å². The number of rotatable bonds is 8. The van der Waals surface area contributed by atoms with Crippen molar-refractivity contribution in [3.63, 3.8) is 0 Å². The van der Waals surface area contributed by atoms with Crippen molar-refractivity contribution in [3.8, 4) is 0 Å². The smallest absolute Gasteiger partial charge is 0.256 e. The van der Waals surface area contributed by atoms with Crippen molar-refractivity contribution in [1.82, 2.24) is 24.9 Å². The van der Waals surface area contributed by atoms with Gasteiger partial charge in [-0.2, -0.15) is 9.61 Å². The predicted molar refractivity (Wildman–Crippen MR) is 126 cm³/mol.